The molecule has 100 valence electrons. The molecular formula is C15H19N3S. The van der Waals surface area contributed by atoms with Crippen molar-refractivity contribution >= 4 is 28.5 Å². The fraction of sp³-hybridized carbons (Fsp3) is 0.400. The Bertz CT molecular complexity index is 564. The molecule has 0 saturated heterocycles. The molecule has 0 aliphatic heterocycles. The van der Waals surface area contributed by atoms with Crippen molar-refractivity contribution in [3.05, 3.63) is 35.9 Å². The van der Waals surface area contributed by atoms with Crippen molar-refractivity contribution in [1.82, 2.24) is 4.98 Å². The second-order valence-electron chi connectivity index (χ2n) is 5.05. The minimum atomic E-state index is 0.809. The predicted molar refractivity (Wildman–Crippen MR) is 83.1 cm³/mol. The second kappa shape index (κ2) is 5.80. The van der Waals surface area contributed by atoms with Gasteiger partial charge in [-0.1, -0.05) is 31.0 Å². The van der Waals surface area contributed by atoms with Crippen LogP contribution in [0, 0.1) is 0 Å². The summed E-state index contributed by atoms with van der Waals surface area (Å²) in [7, 11) is 0. The normalized spacial score (nSPS) is 16.1. The molecule has 0 amide bonds. The molecule has 19 heavy (non-hydrogen) atoms. The summed E-state index contributed by atoms with van der Waals surface area (Å²) >= 11 is 2.04. The Morgan fingerprint density at radius 1 is 1.26 bits per heavy atom. The molecule has 3 N–H and O–H groups in total. The van der Waals surface area contributed by atoms with Crippen LogP contribution in [-0.2, 0) is 5.75 Å². The summed E-state index contributed by atoms with van der Waals surface area (Å²) in [5.74, 6) is 7.40. The number of nitrogens with one attached hydrogen (secondary N) is 1. The van der Waals surface area contributed by atoms with E-state index in [0.717, 1.165) is 22.3 Å². The lowest BCUT2D eigenvalue weighted by atomic mass is 10.1. The minimum Gasteiger partial charge on any atom is -0.308 e. The average molecular weight is 273 g/mol. The van der Waals surface area contributed by atoms with E-state index >= 15 is 0 Å². The van der Waals surface area contributed by atoms with Gasteiger partial charge in [-0.05, 0) is 25.0 Å². The second-order valence-corrected chi connectivity index (χ2v) is 6.34. The maximum absolute atomic E-state index is 5.60. The van der Waals surface area contributed by atoms with Gasteiger partial charge in [0.25, 0.3) is 0 Å². The van der Waals surface area contributed by atoms with Crippen LogP contribution in [0.5, 0.6) is 0 Å². The number of hydrogen-bond acceptors (Lipinski definition) is 4. The number of hydrogen-bond donors (Lipinski definition) is 2. The van der Waals surface area contributed by atoms with E-state index in [1.165, 1.54) is 36.6 Å². The van der Waals surface area contributed by atoms with Crippen LogP contribution in [0.2, 0.25) is 0 Å². The smallest absolute Gasteiger partial charge is 0.144 e. The van der Waals surface area contributed by atoms with Crippen LogP contribution in [0.1, 0.15) is 31.2 Å². The molecule has 1 aromatic carbocycles. The maximum atomic E-state index is 5.60. The van der Waals surface area contributed by atoms with Crippen molar-refractivity contribution in [3.8, 4) is 0 Å². The molecule has 0 spiro atoms. The first-order valence-electron chi connectivity index (χ1n) is 6.84. The first-order chi connectivity index (χ1) is 9.36. The summed E-state index contributed by atoms with van der Waals surface area (Å²) in [5.41, 5.74) is 4.94. The van der Waals surface area contributed by atoms with E-state index in [1.54, 1.807) is 0 Å². The van der Waals surface area contributed by atoms with Crippen molar-refractivity contribution in [2.45, 2.75) is 36.7 Å². The van der Waals surface area contributed by atoms with Crippen LogP contribution in [0.4, 0.5) is 5.82 Å². The van der Waals surface area contributed by atoms with Gasteiger partial charge in [0.2, 0.25) is 0 Å². The monoisotopic (exact) mass is 273 g/mol. The third-order valence-corrected chi connectivity index (χ3v) is 5.14. The highest BCUT2D eigenvalue weighted by Crippen LogP contribution is 2.33. The van der Waals surface area contributed by atoms with Gasteiger partial charge in [-0.2, -0.15) is 11.8 Å². The Hall–Kier alpha value is -1.26. The SMILES string of the molecule is NNc1nc2ccccc2cc1CSC1CCCC1. The summed E-state index contributed by atoms with van der Waals surface area (Å²) in [4.78, 5) is 4.59. The average Bonchev–Trinajstić information content (AvgIpc) is 2.97. The van der Waals surface area contributed by atoms with Crippen LogP contribution in [0.25, 0.3) is 10.9 Å². The molecule has 1 aromatic heterocycles. The molecule has 0 unspecified atom stereocenters. The van der Waals surface area contributed by atoms with Crippen LogP contribution in [0.15, 0.2) is 30.3 Å². The van der Waals surface area contributed by atoms with Crippen LogP contribution in [0.3, 0.4) is 0 Å². The zero-order valence-electron chi connectivity index (χ0n) is 10.9. The molecule has 0 radical (unpaired) electrons. The molecule has 1 aliphatic rings. The largest absolute Gasteiger partial charge is 0.308 e. The molecule has 0 atom stereocenters. The lowest BCUT2D eigenvalue weighted by molar-refractivity contribution is 0.886. The Labute approximate surface area is 117 Å². The number of hydrazine groups is 1. The van der Waals surface area contributed by atoms with Crippen LogP contribution >= 0.6 is 11.8 Å². The van der Waals surface area contributed by atoms with Crippen molar-refractivity contribution < 1.29 is 0 Å². The van der Waals surface area contributed by atoms with Gasteiger partial charge in [-0.25, -0.2) is 10.8 Å². The summed E-state index contributed by atoms with van der Waals surface area (Å²) in [6, 6.07) is 10.4. The van der Waals surface area contributed by atoms with E-state index in [1.807, 2.05) is 30.0 Å². The van der Waals surface area contributed by atoms with Gasteiger partial charge >= 0.3 is 0 Å². The number of nitrogens with two attached hydrogens (primary N) is 1. The van der Waals surface area contributed by atoms with Gasteiger partial charge < -0.3 is 5.43 Å². The number of aromatic nitrogens is 1. The molecule has 4 heteroatoms. The van der Waals surface area contributed by atoms with E-state index in [-0.39, 0.29) is 0 Å². The highest BCUT2D eigenvalue weighted by Gasteiger charge is 2.16. The van der Waals surface area contributed by atoms with Crippen molar-refractivity contribution in [1.29, 1.82) is 0 Å². The fourth-order valence-corrected chi connectivity index (χ4v) is 3.96. The number of rotatable bonds is 4. The fourth-order valence-electron chi connectivity index (χ4n) is 2.66. The van der Waals surface area contributed by atoms with Gasteiger partial charge in [0, 0.05) is 22.0 Å². The van der Waals surface area contributed by atoms with Gasteiger partial charge in [0.15, 0.2) is 0 Å². The van der Waals surface area contributed by atoms with E-state index < -0.39 is 0 Å². The van der Waals surface area contributed by atoms with E-state index in [2.05, 4.69) is 22.5 Å². The lowest BCUT2D eigenvalue weighted by Gasteiger charge is -2.12. The zero-order valence-corrected chi connectivity index (χ0v) is 11.7. The Kier molecular flexibility index (Phi) is 3.89. The quantitative estimate of drug-likeness (QED) is 0.659. The van der Waals surface area contributed by atoms with Crippen molar-refractivity contribution in [2.75, 3.05) is 5.43 Å². The number of thioether (sulfide) groups is 1. The number of benzene rings is 1. The summed E-state index contributed by atoms with van der Waals surface area (Å²) in [6.07, 6.45) is 5.49. The number of anilines is 1. The summed E-state index contributed by atoms with van der Waals surface area (Å²) in [6.45, 7) is 0. The van der Waals surface area contributed by atoms with Gasteiger partial charge in [0.1, 0.15) is 5.82 Å². The minimum absolute atomic E-state index is 0.809. The molecule has 1 saturated carbocycles. The lowest BCUT2D eigenvalue weighted by Crippen LogP contribution is -2.11. The molecule has 2 aromatic rings. The van der Waals surface area contributed by atoms with Gasteiger partial charge in [0.05, 0.1) is 5.52 Å². The Morgan fingerprint density at radius 2 is 2.05 bits per heavy atom. The van der Waals surface area contributed by atoms with Crippen molar-refractivity contribution in [2.24, 2.45) is 5.84 Å². The van der Waals surface area contributed by atoms with Gasteiger partial charge in [-0.15, -0.1) is 0 Å². The summed E-state index contributed by atoms with van der Waals surface area (Å²) in [5, 5.41) is 2.00. The molecule has 3 nitrogen and oxygen atoms in total. The highest BCUT2D eigenvalue weighted by molar-refractivity contribution is 7.99. The molecule has 0 bridgehead atoms. The third kappa shape index (κ3) is 2.85. The Morgan fingerprint density at radius 3 is 2.84 bits per heavy atom. The number of fused-ring (bicyclic) bond motifs is 1. The predicted octanol–water partition coefficient (Wildman–Crippen LogP) is 3.70. The Balaban J connectivity index is 1.83. The first kappa shape index (κ1) is 12.8. The van der Waals surface area contributed by atoms with Gasteiger partial charge in [-0.3, -0.25) is 0 Å². The summed E-state index contributed by atoms with van der Waals surface area (Å²) < 4.78 is 0. The number of pyridine rings is 1. The molecular weight excluding hydrogens is 254 g/mol. The topological polar surface area (TPSA) is 50.9 Å². The number of para-hydroxylation sites is 1. The molecule has 1 heterocycles. The molecule has 1 fully saturated rings. The van der Waals surface area contributed by atoms with Crippen LogP contribution < -0.4 is 11.3 Å². The standard InChI is InChI=1S/C15H19N3S/c16-18-15-12(10-19-13-6-2-3-7-13)9-11-5-1-4-8-14(11)17-15/h1,4-5,8-9,13H,2-3,6-7,10,16H2,(H,17,18). The van der Waals surface area contributed by atoms with E-state index in [4.69, 9.17) is 5.84 Å². The first-order valence-corrected chi connectivity index (χ1v) is 7.88. The molecule has 1 aliphatic carbocycles. The molecule has 3 rings (SSSR count). The highest BCUT2D eigenvalue weighted by atomic mass is 32.2. The van der Waals surface area contributed by atoms with E-state index in [9.17, 15) is 0 Å². The maximum Gasteiger partial charge on any atom is 0.144 e. The van der Waals surface area contributed by atoms with Crippen molar-refractivity contribution in [3.63, 3.8) is 0 Å². The zero-order chi connectivity index (χ0) is 13.1. The number of nitrogen functional groups attached to an aromatic ring is 1. The van der Waals surface area contributed by atoms with Crippen LogP contribution in [-0.4, -0.2) is 10.2 Å². The number of nitrogens with zero attached hydrogens (tertiary/aromatic N) is 1. The third-order valence-electron chi connectivity index (χ3n) is 3.72. The van der Waals surface area contributed by atoms with E-state index in [0.29, 0.717) is 0 Å².